The largest absolute Gasteiger partial charge is 0.542 e. The normalized spacial score (nSPS) is 14.0. The molecular weight excluding hydrogens is 439 g/mol. The molecule has 0 saturated heterocycles. The zero-order chi connectivity index (χ0) is 13.1. The first-order chi connectivity index (χ1) is 8.88. The summed E-state index contributed by atoms with van der Waals surface area (Å²) in [6.07, 6.45) is 21.8. The van der Waals surface area contributed by atoms with Crippen molar-refractivity contribution in [3.05, 3.63) is 39.2 Å². The molecule has 0 spiro atoms. The Morgan fingerprint density at radius 1 is 0.952 bits per heavy atom. The summed E-state index contributed by atoms with van der Waals surface area (Å²) in [4.78, 5) is 10.3. The summed E-state index contributed by atoms with van der Waals surface area (Å²) in [6.45, 7) is 2.26. The maximum Gasteiger partial charge on any atom is 0 e. The minimum atomic E-state index is 0. The van der Waals surface area contributed by atoms with E-state index < -0.39 is 0 Å². The summed E-state index contributed by atoms with van der Waals surface area (Å²) in [5.41, 5.74) is 0. The third-order valence-electron chi connectivity index (χ3n) is 3.85. The molecule has 1 aliphatic rings. The average molecular weight is 473 g/mol. The van der Waals surface area contributed by atoms with Crippen molar-refractivity contribution in [2.24, 2.45) is 11.8 Å². The minimum Gasteiger partial charge on any atom is -0.542 e. The average Bonchev–Trinajstić information content (AvgIpc) is 2.90. The van der Waals surface area contributed by atoms with Crippen LogP contribution in [-0.4, -0.2) is 6.29 Å². The van der Waals surface area contributed by atoms with Gasteiger partial charge in [0.1, 0.15) is 0 Å². The van der Waals surface area contributed by atoms with Gasteiger partial charge < -0.3 is 19.6 Å². The van der Waals surface area contributed by atoms with Crippen LogP contribution in [0.4, 0.5) is 0 Å². The van der Waals surface area contributed by atoms with Crippen LogP contribution in [0.15, 0.2) is 24.3 Å². The molecule has 1 aliphatic carbocycles. The van der Waals surface area contributed by atoms with E-state index in [2.05, 4.69) is 31.2 Å². The van der Waals surface area contributed by atoms with Crippen LogP contribution in [0.1, 0.15) is 64.7 Å². The van der Waals surface area contributed by atoms with Crippen molar-refractivity contribution in [3.63, 3.8) is 0 Å². The summed E-state index contributed by atoms with van der Waals surface area (Å²) >= 11 is 0. The molecule has 0 aromatic carbocycles. The topological polar surface area (TPSA) is 17.1 Å². The van der Waals surface area contributed by atoms with E-state index in [0.717, 1.165) is 12.3 Å². The Morgan fingerprint density at radius 3 is 2.10 bits per heavy atom. The quantitative estimate of drug-likeness (QED) is 0.271. The Labute approximate surface area is 147 Å². The van der Waals surface area contributed by atoms with Gasteiger partial charge in [0.2, 0.25) is 0 Å². The Morgan fingerprint density at radius 2 is 1.52 bits per heavy atom. The molecule has 0 aliphatic heterocycles. The van der Waals surface area contributed by atoms with Crippen LogP contribution in [0.2, 0.25) is 0 Å². The maximum absolute atomic E-state index is 10.3. The number of allylic oxidation sites excluding steroid dienone is 4. The van der Waals surface area contributed by atoms with Crippen LogP contribution in [0.5, 0.6) is 0 Å². The summed E-state index contributed by atoms with van der Waals surface area (Å²) in [7, 11) is 0. The first kappa shape index (κ1) is 25.8. The van der Waals surface area contributed by atoms with E-state index in [-0.39, 0.29) is 35.9 Å². The van der Waals surface area contributed by atoms with Crippen LogP contribution in [0.25, 0.3) is 0 Å². The van der Waals surface area contributed by atoms with Crippen molar-refractivity contribution in [2.75, 3.05) is 0 Å². The molecule has 128 valence electrons. The van der Waals surface area contributed by atoms with Crippen LogP contribution in [0.3, 0.4) is 0 Å². The number of unbranched alkanes of at least 4 members (excludes halogenated alkanes) is 5. The fourth-order valence-corrected chi connectivity index (χ4v) is 2.74. The van der Waals surface area contributed by atoms with Crippen molar-refractivity contribution in [1.82, 2.24) is 0 Å². The maximum atomic E-state index is 10.3. The van der Waals surface area contributed by atoms with E-state index >= 15 is 0 Å². The molecule has 0 aromatic rings. The smallest absolute Gasteiger partial charge is 0 e. The zero-order valence-electron chi connectivity index (χ0n) is 14.1. The molecule has 1 unspecified atom stereocenters. The standard InChI is InChI=1S/C17H27O.2CH3.Pt/c1-2-3-4-5-6-11-16(14-9-10-15-18)17-12-7-8-13-17;;;/h7-8,12-13,16-17H,2-6,9-11,14H2,1H3;2*1H3;/q3*-1;. The third-order valence-corrected chi connectivity index (χ3v) is 3.85. The summed E-state index contributed by atoms with van der Waals surface area (Å²) in [5, 5.41) is 0. The zero-order valence-corrected chi connectivity index (χ0v) is 16.3. The summed E-state index contributed by atoms with van der Waals surface area (Å²) in [5.74, 6) is 1.35. The van der Waals surface area contributed by atoms with Gasteiger partial charge in [0.15, 0.2) is 0 Å². The Kier molecular flexibility index (Phi) is 22.0. The van der Waals surface area contributed by atoms with E-state index in [1.165, 1.54) is 44.9 Å². The first-order valence-corrected chi connectivity index (χ1v) is 7.58. The fraction of sp³-hybridized carbons (Fsp3) is 0.632. The second-order valence-corrected chi connectivity index (χ2v) is 5.35. The van der Waals surface area contributed by atoms with Gasteiger partial charge in [-0.1, -0.05) is 76.2 Å². The second-order valence-electron chi connectivity index (χ2n) is 5.35. The molecular formula is C19H33OPt-3. The molecule has 0 heterocycles. The van der Waals surface area contributed by atoms with E-state index in [0.29, 0.717) is 12.3 Å². The van der Waals surface area contributed by atoms with Crippen LogP contribution in [-0.2, 0) is 25.9 Å². The van der Waals surface area contributed by atoms with E-state index in [1.54, 1.807) is 0 Å². The van der Waals surface area contributed by atoms with Crippen molar-refractivity contribution in [2.45, 2.75) is 64.7 Å². The molecule has 0 amide bonds. The van der Waals surface area contributed by atoms with Crippen LogP contribution >= 0.6 is 0 Å². The molecule has 0 bridgehead atoms. The second kappa shape index (κ2) is 17.9. The molecule has 0 saturated carbocycles. The van der Waals surface area contributed by atoms with Crippen molar-refractivity contribution < 1.29 is 25.9 Å². The molecule has 0 aromatic heterocycles. The van der Waals surface area contributed by atoms with Gasteiger partial charge in [-0.15, -0.1) is 0 Å². The Hall–Kier alpha value is -0.162. The monoisotopic (exact) mass is 472 g/mol. The fourth-order valence-electron chi connectivity index (χ4n) is 2.74. The van der Waals surface area contributed by atoms with Crippen LogP contribution in [0, 0.1) is 26.7 Å². The molecule has 2 heteroatoms. The van der Waals surface area contributed by atoms with Gasteiger partial charge in [-0.3, -0.25) is 6.29 Å². The molecule has 0 fully saturated rings. The van der Waals surface area contributed by atoms with Gasteiger partial charge in [-0.05, 0) is 18.3 Å². The van der Waals surface area contributed by atoms with Gasteiger partial charge in [-0.25, -0.2) is 0 Å². The molecule has 0 radical (unpaired) electrons. The van der Waals surface area contributed by atoms with Gasteiger partial charge in [0, 0.05) is 21.1 Å². The van der Waals surface area contributed by atoms with Gasteiger partial charge in [0.25, 0.3) is 0 Å². The Balaban J connectivity index is -0.00000108. The third kappa shape index (κ3) is 12.1. The first-order valence-electron chi connectivity index (χ1n) is 7.58. The van der Waals surface area contributed by atoms with E-state index in [9.17, 15) is 4.79 Å². The van der Waals surface area contributed by atoms with Gasteiger partial charge in [0.05, 0.1) is 0 Å². The number of hydrogen-bond acceptors (Lipinski definition) is 1. The van der Waals surface area contributed by atoms with Gasteiger partial charge >= 0.3 is 0 Å². The SMILES string of the molecule is CCCCCCCC(CCC[C-]=O)C1C=CC=C1.[CH3-].[CH3-].[Pt]. The number of hydrogen-bond donors (Lipinski definition) is 0. The Bertz CT molecular complexity index is 259. The van der Waals surface area contributed by atoms with Crippen LogP contribution < -0.4 is 0 Å². The number of carbonyl (C=O) groups excluding carboxylic acids is 1. The van der Waals surface area contributed by atoms with E-state index in [4.69, 9.17) is 0 Å². The van der Waals surface area contributed by atoms with Gasteiger partial charge in [-0.2, -0.15) is 6.42 Å². The summed E-state index contributed by atoms with van der Waals surface area (Å²) < 4.78 is 0. The van der Waals surface area contributed by atoms with E-state index in [1.807, 2.05) is 6.29 Å². The van der Waals surface area contributed by atoms with Crippen molar-refractivity contribution >= 4 is 6.29 Å². The minimum absolute atomic E-state index is 0. The predicted molar refractivity (Wildman–Crippen MR) is 91.0 cm³/mol. The molecule has 21 heavy (non-hydrogen) atoms. The molecule has 0 N–H and O–H groups in total. The number of rotatable bonds is 11. The predicted octanol–water partition coefficient (Wildman–Crippen LogP) is 5.88. The molecule has 1 atom stereocenters. The molecule has 1 rings (SSSR count). The van der Waals surface area contributed by atoms with Crippen molar-refractivity contribution in [1.29, 1.82) is 0 Å². The summed E-state index contributed by atoms with van der Waals surface area (Å²) in [6, 6.07) is 0. The molecule has 1 nitrogen and oxygen atoms in total. The van der Waals surface area contributed by atoms with Crippen molar-refractivity contribution in [3.8, 4) is 0 Å².